The van der Waals surface area contributed by atoms with Crippen LogP contribution in [0.3, 0.4) is 0 Å². The van der Waals surface area contributed by atoms with E-state index in [1.165, 1.54) is 17.1 Å². The van der Waals surface area contributed by atoms with Gasteiger partial charge in [0.1, 0.15) is 5.82 Å². The van der Waals surface area contributed by atoms with E-state index in [-0.39, 0.29) is 0 Å². The van der Waals surface area contributed by atoms with Gasteiger partial charge in [-0.05, 0) is 24.1 Å². The first-order valence-corrected chi connectivity index (χ1v) is 6.74. The van der Waals surface area contributed by atoms with Crippen LogP contribution in [0.15, 0.2) is 24.3 Å². The largest absolute Gasteiger partial charge is 0.360 e. The van der Waals surface area contributed by atoms with Crippen LogP contribution in [0.5, 0.6) is 0 Å². The third-order valence-electron chi connectivity index (χ3n) is 2.39. The highest BCUT2D eigenvalue weighted by Crippen LogP contribution is 2.12. The van der Waals surface area contributed by atoms with Gasteiger partial charge in [-0.2, -0.15) is 4.37 Å². The molecule has 0 fully saturated rings. The average Bonchev–Trinajstić information content (AvgIpc) is 2.80. The van der Waals surface area contributed by atoms with Gasteiger partial charge in [0.05, 0.1) is 0 Å². The van der Waals surface area contributed by atoms with Gasteiger partial charge in [-0.25, -0.2) is 4.98 Å². The molecule has 5 heteroatoms. The van der Waals surface area contributed by atoms with Crippen molar-refractivity contribution in [2.75, 3.05) is 11.9 Å². The fraction of sp³-hybridized carbons (Fsp3) is 0.333. The maximum Gasteiger partial charge on any atom is 0.202 e. The maximum absolute atomic E-state index is 5.83. The maximum atomic E-state index is 5.83. The van der Waals surface area contributed by atoms with Crippen molar-refractivity contribution >= 4 is 28.3 Å². The van der Waals surface area contributed by atoms with Crippen molar-refractivity contribution in [2.24, 2.45) is 0 Å². The first kappa shape index (κ1) is 12.3. The number of benzene rings is 1. The second kappa shape index (κ2) is 5.98. The molecule has 0 unspecified atom stereocenters. The summed E-state index contributed by atoms with van der Waals surface area (Å²) in [6.45, 7) is 2.92. The van der Waals surface area contributed by atoms with Crippen LogP contribution >= 0.6 is 23.1 Å². The second-order valence-electron chi connectivity index (χ2n) is 3.67. The molecule has 0 radical (unpaired) electrons. The van der Waals surface area contributed by atoms with Crippen LogP contribution in [-0.2, 0) is 12.8 Å². The number of aryl methyl sites for hydroxylation is 1. The van der Waals surface area contributed by atoms with Crippen molar-refractivity contribution in [1.82, 2.24) is 9.36 Å². The van der Waals surface area contributed by atoms with Crippen molar-refractivity contribution < 1.29 is 0 Å². The minimum Gasteiger partial charge on any atom is -0.360 e. The number of aromatic nitrogens is 2. The highest BCUT2D eigenvalue weighted by molar-refractivity contribution is 7.09. The number of hydrogen-bond donors (Lipinski definition) is 1. The van der Waals surface area contributed by atoms with E-state index in [1.807, 2.05) is 24.3 Å². The fourth-order valence-corrected chi connectivity index (χ4v) is 2.23. The molecule has 0 aliphatic heterocycles. The molecule has 0 saturated carbocycles. The topological polar surface area (TPSA) is 37.8 Å². The molecule has 0 spiro atoms. The number of nitrogens with one attached hydrogen (secondary N) is 1. The Bertz CT molecular complexity index is 467. The predicted octanol–water partition coefficient (Wildman–Crippen LogP) is 3.41. The second-order valence-corrected chi connectivity index (χ2v) is 4.86. The SMILES string of the molecule is CCc1nsc(NCCc2ccc(Cl)cc2)n1. The monoisotopic (exact) mass is 267 g/mol. The van der Waals surface area contributed by atoms with Crippen LogP contribution in [0, 0.1) is 0 Å². The zero-order valence-corrected chi connectivity index (χ0v) is 11.2. The first-order valence-electron chi connectivity index (χ1n) is 5.59. The minimum atomic E-state index is 0.776. The number of rotatable bonds is 5. The number of hydrogen-bond acceptors (Lipinski definition) is 4. The molecule has 0 aliphatic carbocycles. The van der Waals surface area contributed by atoms with Gasteiger partial charge in [0, 0.05) is 29.5 Å². The third-order valence-corrected chi connectivity index (χ3v) is 3.35. The Morgan fingerprint density at radius 1 is 1.29 bits per heavy atom. The molecule has 1 N–H and O–H groups in total. The van der Waals surface area contributed by atoms with E-state index >= 15 is 0 Å². The van der Waals surface area contributed by atoms with E-state index in [2.05, 4.69) is 21.6 Å². The number of halogens is 1. The quantitative estimate of drug-likeness (QED) is 0.902. The molecular weight excluding hydrogens is 254 g/mol. The van der Waals surface area contributed by atoms with Gasteiger partial charge >= 0.3 is 0 Å². The molecular formula is C12H14ClN3S. The molecule has 2 rings (SSSR count). The normalized spacial score (nSPS) is 10.5. The van der Waals surface area contributed by atoms with Gasteiger partial charge < -0.3 is 5.32 Å². The van der Waals surface area contributed by atoms with Gasteiger partial charge in [0.15, 0.2) is 0 Å². The Kier molecular flexibility index (Phi) is 4.34. The van der Waals surface area contributed by atoms with Crippen molar-refractivity contribution in [3.05, 3.63) is 40.7 Å². The Morgan fingerprint density at radius 3 is 2.71 bits per heavy atom. The lowest BCUT2D eigenvalue weighted by atomic mass is 10.1. The van der Waals surface area contributed by atoms with E-state index in [0.29, 0.717) is 0 Å². The van der Waals surface area contributed by atoms with Gasteiger partial charge in [-0.15, -0.1) is 0 Å². The van der Waals surface area contributed by atoms with Crippen LogP contribution in [0.2, 0.25) is 5.02 Å². The van der Waals surface area contributed by atoms with E-state index in [1.54, 1.807) is 0 Å². The zero-order chi connectivity index (χ0) is 12.1. The lowest BCUT2D eigenvalue weighted by Crippen LogP contribution is -2.04. The summed E-state index contributed by atoms with van der Waals surface area (Å²) >= 11 is 7.25. The molecule has 0 saturated heterocycles. The highest BCUT2D eigenvalue weighted by Gasteiger charge is 2.01. The number of nitrogens with zero attached hydrogens (tertiary/aromatic N) is 2. The molecule has 0 bridgehead atoms. The molecule has 2 aromatic rings. The summed E-state index contributed by atoms with van der Waals surface area (Å²) in [5, 5.41) is 4.95. The smallest absolute Gasteiger partial charge is 0.202 e. The summed E-state index contributed by atoms with van der Waals surface area (Å²) in [4.78, 5) is 4.35. The van der Waals surface area contributed by atoms with Gasteiger partial charge in [0.2, 0.25) is 5.13 Å². The Balaban J connectivity index is 1.81. The van der Waals surface area contributed by atoms with Crippen LogP contribution in [0.4, 0.5) is 5.13 Å². The molecule has 3 nitrogen and oxygen atoms in total. The molecule has 0 aliphatic rings. The molecule has 0 amide bonds. The van der Waals surface area contributed by atoms with Crippen molar-refractivity contribution in [3.8, 4) is 0 Å². The summed E-state index contributed by atoms with van der Waals surface area (Å²) in [6, 6.07) is 7.91. The highest BCUT2D eigenvalue weighted by atomic mass is 35.5. The molecule has 90 valence electrons. The standard InChI is InChI=1S/C12H14ClN3S/c1-2-11-15-12(17-16-11)14-8-7-9-3-5-10(13)6-4-9/h3-6H,2,7-8H2,1H3,(H,14,15,16). The van der Waals surface area contributed by atoms with E-state index in [9.17, 15) is 0 Å². The fourth-order valence-electron chi connectivity index (χ4n) is 1.43. The Hall–Kier alpha value is -1.13. The lowest BCUT2D eigenvalue weighted by Gasteiger charge is -2.02. The van der Waals surface area contributed by atoms with Crippen molar-refractivity contribution in [1.29, 1.82) is 0 Å². The summed E-state index contributed by atoms with van der Waals surface area (Å²) in [7, 11) is 0. The Labute approximate surface area is 110 Å². The van der Waals surface area contributed by atoms with E-state index in [4.69, 9.17) is 11.6 Å². The predicted molar refractivity (Wildman–Crippen MR) is 72.9 cm³/mol. The molecule has 1 aromatic carbocycles. The molecule has 0 atom stereocenters. The molecule has 1 aromatic heterocycles. The third kappa shape index (κ3) is 3.68. The zero-order valence-electron chi connectivity index (χ0n) is 9.61. The van der Waals surface area contributed by atoms with Crippen LogP contribution in [0.1, 0.15) is 18.3 Å². The van der Waals surface area contributed by atoms with Crippen LogP contribution in [0.25, 0.3) is 0 Å². The van der Waals surface area contributed by atoms with Crippen molar-refractivity contribution in [3.63, 3.8) is 0 Å². The summed E-state index contributed by atoms with van der Waals surface area (Å²) in [5.74, 6) is 0.906. The van der Waals surface area contributed by atoms with Crippen molar-refractivity contribution in [2.45, 2.75) is 19.8 Å². The summed E-state index contributed by atoms with van der Waals surface area (Å²) in [5.41, 5.74) is 1.27. The van der Waals surface area contributed by atoms with Crippen LogP contribution in [-0.4, -0.2) is 15.9 Å². The van der Waals surface area contributed by atoms with Gasteiger partial charge in [-0.3, -0.25) is 0 Å². The molecule has 17 heavy (non-hydrogen) atoms. The van der Waals surface area contributed by atoms with Gasteiger partial charge in [-0.1, -0.05) is 30.7 Å². The average molecular weight is 268 g/mol. The van der Waals surface area contributed by atoms with Crippen LogP contribution < -0.4 is 5.32 Å². The van der Waals surface area contributed by atoms with Gasteiger partial charge in [0.25, 0.3) is 0 Å². The Morgan fingerprint density at radius 2 is 2.06 bits per heavy atom. The minimum absolute atomic E-state index is 0.776. The number of anilines is 1. The summed E-state index contributed by atoms with van der Waals surface area (Å²) < 4.78 is 4.22. The van der Waals surface area contributed by atoms with E-state index in [0.717, 1.165) is 35.4 Å². The van der Waals surface area contributed by atoms with E-state index < -0.39 is 0 Å². The molecule has 1 heterocycles. The summed E-state index contributed by atoms with van der Waals surface area (Å²) in [6.07, 6.45) is 1.84. The first-order chi connectivity index (χ1) is 8.28. The lowest BCUT2D eigenvalue weighted by molar-refractivity contribution is 0.978.